The van der Waals surface area contributed by atoms with Crippen LogP contribution in [0.2, 0.25) is 0 Å². The first-order valence-electron chi connectivity index (χ1n) is 13.1. The fourth-order valence-electron chi connectivity index (χ4n) is 5.35. The molecule has 0 amide bonds. The van der Waals surface area contributed by atoms with Crippen LogP contribution in [-0.2, 0) is 13.1 Å². The zero-order valence-corrected chi connectivity index (χ0v) is 21.3. The summed E-state index contributed by atoms with van der Waals surface area (Å²) in [5, 5.41) is 7.33. The van der Waals surface area contributed by atoms with Gasteiger partial charge in [-0.2, -0.15) is 0 Å². The Morgan fingerprint density at radius 2 is 1.56 bits per heavy atom. The second-order valence-corrected chi connectivity index (χ2v) is 10.3. The molecule has 8 nitrogen and oxygen atoms in total. The van der Waals surface area contributed by atoms with Gasteiger partial charge in [0.05, 0.1) is 0 Å². The predicted molar refractivity (Wildman–Crippen MR) is 144 cm³/mol. The van der Waals surface area contributed by atoms with E-state index in [9.17, 15) is 0 Å². The van der Waals surface area contributed by atoms with Crippen molar-refractivity contribution in [3.63, 3.8) is 0 Å². The molecule has 2 aromatic rings. The second kappa shape index (κ2) is 10.9. The molecule has 1 fully saturated rings. The molecule has 0 saturated heterocycles. The molecule has 2 aliphatic heterocycles. The minimum atomic E-state index is -0.175. The SMILES string of the molecule is CC1Oc2ccc(CNCC3CCCC(CNCc4cccc5c4N=C(N)C(C)O5)C3)cc2N=C1N. The Hall–Kier alpha value is -3.10. The van der Waals surface area contributed by atoms with Gasteiger partial charge in [-0.15, -0.1) is 0 Å². The van der Waals surface area contributed by atoms with Crippen LogP contribution in [0.25, 0.3) is 0 Å². The number of para-hydroxylation sites is 1. The van der Waals surface area contributed by atoms with Gasteiger partial charge in [0, 0.05) is 13.1 Å². The molecule has 4 unspecified atom stereocenters. The summed E-state index contributed by atoms with van der Waals surface area (Å²) in [4.78, 5) is 9.09. The van der Waals surface area contributed by atoms with E-state index >= 15 is 0 Å². The Morgan fingerprint density at radius 3 is 2.33 bits per heavy atom. The van der Waals surface area contributed by atoms with E-state index < -0.39 is 0 Å². The van der Waals surface area contributed by atoms with E-state index in [1.54, 1.807) is 0 Å². The second-order valence-electron chi connectivity index (χ2n) is 10.3. The van der Waals surface area contributed by atoms with Crippen LogP contribution in [0.1, 0.15) is 50.7 Å². The molecule has 1 saturated carbocycles. The van der Waals surface area contributed by atoms with Crippen molar-refractivity contribution < 1.29 is 9.47 Å². The third-order valence-electron chi connectivity index (χ3n) is 7.44. The summed E-state index contributed by atoms with van der Waals surface area (Å²) < 4.78 is 11.7. The molecule has 3 aliphatic rings. The van der Waals surface area contributed by atoms with Crippen molar-refractivity contribution in [1.82, 2.24) is 10.6 Å². The van der Waals surface area contributed by atoms with E-state index in [4.69, 9.17) is 20.9 Å². The van der Waals surface area contributed by atoms with E-state index in [0.717, 1.165) is 54.6 Å². The maximum absolute atomic E-state index is 6.02. The lowest BCUT2D eigenvalue weighted by atomic mass is 9.81. The molecule has 5 rings (SSSR count). The van der Waals surface area contributed by atoms with Crippen molar-refractivity contribution in [2.24, 2.45) is 33.3 Å². The lowest BCUT2D eigenvalue weighted by Gasteiger charge is -2.30. The average molecular weight is 491 g/mol. The lowest BCUT2D eigenvalue weighted by molar-refractivity contribution is 0.252. The molecule has 36 heavy (non-hydrogen) atoms. The molecular weight excluding hydrogens is 452 g/mol. The zero-order valence-electron chi connectivity index (χ0n) is 21.3. The number of rotatable bonds is 8. The zero-order chi connectivity index (χ0) is 25.1. The Bertz CT molecular complexity index is 1150. The number of amidine groups is 2. The Kier molecular flexibility index (Phi) is 7.43. The van der Waals surface area contributed by atoms with Gasteiger partial charge >= 0.3 is 0 Å². The molecule has 6 N–H and O–H groups in total. The minimum Gasteiger partial charge on any atom is -0.481 e. The van der Waals surface area contributed by atoms with Crippen molar-refractivity contribution in [2.75, 3.05) is 13.1 Å². The van der Waals surface area contributed by atoms with Crippen LogP contribution in [-0.4, -0.2) is 37.0 Å². The fraction of sp³-hybridized carbons (Fsp3) is 0.500. The number of hydrogen-bond donors (Lipinski definition) is 4. The minimum absolute atomic E-state index is 0.168. The molecule has 1 aliphatic carbocycles. The van der Waals surface area contributed by atoms with Crippen LogP contribution in [0, 0.1) is 11.8 Å². The number of nitrogens with one attached hydrogen (secondary N) is 2. The van der Waals surface area contributed by atoms with Crippen LogP contribution in [0.15, 0.2) is 46.4 Å². The van der Waals surface area contributed by atoms with E-state index in [1.807, 2.05) is 32.0 Å². The van der Waals surface area contributed by atoms with Crippen molar-refractivity contribution in [3.8, 4) is 11.5 Å². The van der Waals surface area contributed by atoms with Crippen LogP contribution in [0.4, 0.5) is 11.4 Å². The van der Waals surface area contributed by atoms with Crippen molar-refractivity contribution in [1.29, 1.82) is 0 Å². The predicted octanol–water partition coefficient (Wildman–Crippen LogP) is 3.91. The number of fused-ring (bicyclic) bond motifs is 2. The van der Waals surface area contributed by atoms with Crippen LogP contribution in [0.5, 0.6) is 11.5 Å². The number of benzene rings is 2. The van der Waals surface area contributed by atoms with E-state index in [0.29, 0.717) is 23.5 Å². The van der Waals surface area contributed by atoms with E-state index in [2.05, 4.69) is 38.8 Å². The van der Waals surface area contributed by atoms with Gasteiger partial charge < -0.3 is 31.6 Å². The van der Waals surface area contributed by atoms with Crippen molar-refractivity contribution in [2.45, 2.75) is 64.8 Å². The highest BCUT2D eigenvalue weighted by molar-refractivity contribution is 5.90. The molecule has 0 spiro atoms. The third-order valence-corrected chi connectivity index (χ3v) is 7.44. The highest BCUT2D eigenvalue weighted by Gasteiger charge is 2.23. The number of aliphatic imine (C=N–C) groups is 2. The summed E-state index contributed by atoms with van der Waals surface area (Å²) in [6.07, 6.45) is 4.76. The largest absolute Gasteiger partial charge is 0.481 e. The first kappa shape index (κ1) is 24.6. The van der Waals surface area contributed by atoms with E-state index in [-0.39, 0.29) is 12.2 Å². The maximum atomic E-state index is 6.02. The summed E-state index contributed by atoms with van der Waals surface area (Å²) in [5.41, 5.74) is 16.0. The molecule has 4 atom stereocenters. The van der Waals surface area contributed by atoms with E-state index in [1.165, 1.54) is 31.2 Å². The van der Waals surface area contributed by atoms with Crippen LogP contribution < -0.4 is 31.6 Å². The highest BCUT2D eigenvalue weighted by Crippen LogP contribution is 2.36. The molecule has 0 bridgehead atoms. The topological polar surface area (TPSA) is 119 Å². The van der Waals surface area contributed by atoms with Gasteiger partial charge in [0.1, 0.15) is 34.5 Å². The third kappa shape index (κ3) is 5.65. The summed E-state index contributed by atoms with van der Waals surface area (Å²) in [6, 6.07) is 12.3. The summed E-state index contributed by atoms with van der Waals surface area (Å²) in [5.74, 6) is 4.07. The van der Waals surface area contributed by atoms with Gasteiger partial charge in [0.25, 0.3) is 0 Å². The molecule has 0 radical (unpaired) electrons. The average Bonchev–Trinajstić information content (AvgIpc) is 2.86. The number of nitrogens with two attached hydrogens (primary N) is 2. The Morgan fingerprint density at radius 1 is 0.861 bits per heavy atom. The van der Waals surface area contributed by atoms with Gasteiger partial charge in [-0.3, -0.25) is 0 Å². The standard InChI is InChI=1S/C28H38N6O2/c1-17-27(29)33-23-12-21(9-10-24(23)35-17)15-31-13-19-5-3-6-20(11-19)14-32-16-22-7-4-8-25-26(22)34-28(30)18(2)36-25/h4,7-10,12,17-20,31-32H,3,5-6,11,13-16H2,1-2H3,(H2,29,33)(H2,30,34). The quantitative estimate of drug-likeness (QED) is 0.445. The summed E-state index contributed by atoms with van der Waals surface area (Å²) in [7, 11) is 0. The number of nitrogens with zero attached hydrogens (tertiary/aromatic N) is 2. The van der Waals surface area contributed by atoms with Gasteiger partial charge in [-0.1, -0.05) is 24.6 Å². The first-order chi connectivity index (χ1) is 17.5. The maximum Gasteiger partial charge on any atom is 0.153 e. The molecule has 2 heterocycles. The van der Waals surface area contributed by atoms with Crippen LogP contribution in [0.3, 0.4) is 0 Å². The van der Waals surface area contributed by atoms with Gasteiger partial charge in [0.2, 0.25) is 0 Å². The van der Waals surface area contributed by atoms with Gasteiger partial charge in [-0.25, -0.2) is 9.98 Å². The highest BCUT2D eigenvalue weighted by atomic mass is 16.5. The fourth-order valence-corrected chi connectivity index (χ4v) is 5.35. The molecule has 2 aromatic carbocycles. The Balaban J connectivity index is 1.07. The van der Waals surface area contributed by atoms with Crippen molar-refractivity contribution >= 4 is 23.0 Å². The molecule has 8 heteroatoms. The van der Waals surface area contributed by atoms with Crippen LogP contribution >= 0.6 is 0 Å². The Labute approximate surface area is 213 Å². The summed E-state index contributed by atoms with van der Waals surface area (Å²) >= 11 is 0. The normalized spacial score (nSPS) is 25.1. The number of hydrogen-bond acceptors (Lipinski definition) is 8. The van der Waals surface area contributed by atoms with Crippen molar-refractivity contribution in [3.05, 3.63) is 47.5 Å². The molecule has 0 aromatic heterocycles. The summed E-state index contributed by atoms with van der Waals surface area (Å²) in [6.45, 7) is 7.47. The first-order valence-corrected chi connectivity index (χ1v) is 13.1. The van der Waals surface area contributed by atoms with Gasteiger partial charge in [0.15, 0.2) is 12.2 Å². The molecule has 192 valence electrons. The molecular formula is C28H38N6O2. The smallest absolute Gasteiger partial charge is 0.153 e. The monoisotopic (exact) mass is 490 g/mol. The lowest BCUT2D eigenvalue weighted by Crippen LogP contribution is -2.33. The number of ether oxygens (including phenoxy) is 2. The van der Waals surface area contributed by atoms with Gasteiger partial charge in [-0.05, 0) is 87.4 Å².